The molecule has 0 aromatic rings. The molecule has 0 radical (unpaired) electrons. The summed E-state index contributed by atoms with van der Waals surface area (Å²) in [7, 11) is 0. The molecule has 0 saturated carbocycles. The van der Waals surface area contributed by atoms with Crippen LogP contribution in [0.2, 0.25) is 0 Å². The fraction of sp³-hybridized carbons (Fsp3) is 0.0769. The van der Waals surface area contributed by atoms with Crippen molar-refractivity contribution in [2.75, 3.05) is 0 Å². The summed E-state index contributed by atoms with van der Waals surface area (Å²) in [6, 6.07) is 0. The van der Waals surface area contributed by atoms with Gasteiger partial charge in [-0.2, -0.15) is 0 Å². The van der Waals surface area contributed by atoms with Crippen LogP contribution in [0.3, 0.4) is 0 Å². The van der Waals surface area contributed by atoms with Crippen molar-refractivity contribution in [1.29, 1.82) is 0 Å². The van der Waals surface area contributed by atoms with Gasteiger partial charge in [-0.25, -0.2) is 4.79 Å². The molecular weight excluding hydrogens is 204 g/mol. The third kappa shape index (κ3) is 2.72. The smallest absolute Gasteiger partial charge is 0.363 e. The van der Waals surface area contributed by atoms with Crippen LogP contribution in [0.1, 0.15) is 0 Å². The van der Waals surface area contributed by atoms with Crippen molar-refractivity contribution in [3.63, 3.8) is 0 Å². The zero-order valence-electron chi connectivity index (χ0n) is 8.03. The Labute approximate surface area is 93.6 Å². The van der Waals surface area contributed by atoms with Crippen LogP contribution in [-0.2, 0) is 14.3 Å². The number of rotatable bonds is 1. The quantitative estimate of drug-likeness (QED) is 0.254. The van der Waals surface area contributed by atoms with Gasteiger partial charge in [0.05, 0.1) is 0 Å². The van der Waals surface area contributed by atoms with Crippen LogP contribution in [-0.4, -0.2) is 11.8 Å². The van der Waals surface area contributed by atoms with Crippen LogP contribution in [0, 0.1) is 66.8 Å². The van der Waals surface area contributed by atoms with Gasteiger partial charge in [0.2, 0.25) is 11.2 Å². The number of Topliss-reactive ketones (excluding diaryl/α,β-unsaturated/α-hetero) is 1. The van der Waals surface area contributed by atoms with E-state index in [0.29, 0.717) is 0 Å². The first-order valence-corrected chi connectivity index (χ1v) is 3.72. The Balaban J connectivity index is 5.09. The number of ketones is 1. The molecule has 0 aliphatic heterocycles. The van der Waals surface area contributed by atoms with E-state index in [1.165, 1.54) is 0 Å². The molecular formula is C13H4O3. The van der Waals surface area contributed by atoms with Gasteiger partial charge in [0.15, 0.2) is 0 Å². The predicted octanol–water partition coefficient (Wildman–Crippen LogP) is -0.421. The fourth-order valence-corrected chi connectivity index (χ4v) is 0.602. The van der Waals surface area contributed by atoms with Crippen LogP contribution in [0.4, 0.5) is 0 Å². The molecule has 0 heterocycles. The van der Waals surface area contributed by atoms with Crippen molar-refractivity contribution in [3.05, 3.63) is 0 Å². The first kappa shape index (κ1) is 12.9. The van der Waals surface area contributed by atoms with E-state index in [1.54, 1.807) is 12.0 Å². The summed E-state index contributed by atoms with van der Waals surface area (Å²) in [4.78, 5) is 22.1. The zero-order chi connectivity index (χ0) is 12.6. The Morgan fingerprint density at radius 2 is 1.44 bits per heavy atom. The Bertz CT molecular complexity index is 506. The van der Waals surface area contributed by atoms with Crippen molar-refractivity contribution < 1.29 is 14.3 Å². The molecule has 0 N–H and O–H groups in total. The molecule has 0 aromatic carbocycles. The highest BCUT2D eigenvalue weighted by Gasteiger charge is 2.30. The van der Waals surface area contributed by atoms with Crippen LogP contribution in [0.15, 0.2) is 0 Å². The van der Waals surface area contributed by atoms with Gasteiger partial charge in [0.25, 0.3) is 0 Å². The minimum absolute atomic E-state index is 0.936. The molecule has 0 amide bonds. The number of carbonyl (C=O) groups excluding carboxylic acids is 2. The molecule has 0 aromatic heterocycles. The highest BCUT2D eigenvalue weighted by atomic mass is 16.5. The summed E-state index contributed by atoms with van der Waals surface area (Å²) >= 11 is 0. The lowest BCUT2D eigenvalue weighted by molar-refractivity contribution is -0.130. The Morgan fingerprint density at radius 3 is 1.81 bits per heavy atom. The highest BCUT2D eigenvalue weighted by molar-refractivity contribution is 6.09. The van der Waals surface area contributed by atoms with E-state index < -0.39 is 17.2 Å². The fourth-order valence-electron chi connectivity index (χ4n) is 0.602. The molecule has 0 saturated heterocycles. The average Bonchev–Trinajstić information content (AvgIpc) is 2.30. The van der Waals surface area contributed by atoms with Crippen molar-refractivity contribution in [2.45, 2.75) is 0 Å². The summed E-state index contributed by atoms with van der Waals surface area (Å²) in [5, 5.41) is 0. The Morgan fingerprint density at radius 1 is 0.938 bits per heavy atom. The summed E-state index contributed by atoms with van der Waals surface area (Å²) in [5.41, 5.74) is -1.87. The van der Waals surface area contributed by atoms with Gasteiger partial charge >= 0.3 is 5.97 Å². The van der Waals surface area contributed by atoms with E-state index in [0.717, 1.165) is 0 Å². The number of terminal acetylenes is 4. The molecule has 16 heavy (non-hydrogen) atoms. The summed E-state index contributed by atoms with van der Waals surface area (Å²) in [6.45, 7) is 0. The molecule has 3 heteroatoms. The normalized spacial score (nSPS) is 7.75. The highest BCUT2D eigenvalue weighted by Crippen LogP contribution is 2.13. The van der Waals surface area contributed by atoms with Crippen LogP contribution < -0.4 is 0 Å². The van der Waals surface area contributed by atoms with Crippen LogP contribution >= 0.6 is 0 Å². The number of hydrogen-bond acceptors (Lipinski definition) is 3. The van der Waals surface area contributed by atoms with Crippen molar-refractivity contribution >= 4 is 11.8 Å². The monoisotopic (exact) mass is 208 g/mol. The minimum atomic E-state index is -1.87. The van der Waals surface area contributed by atoms with E-state index in [1.807, 2.05) is 23.7 Å². The van der Waals surface area contributed by atoms with Crippen molar-refractivity contribution in [1.82, 2.24) is 0 Å². The van der Waals surface area contributed by atoms with Gasteiger partial charge in [0.1, 0.15) is 6.11 Å². The van der Waals surface area contributed by atoms with Gasteiger partial charge < -0.3 is 4.74 Å². The second-order valence-electron chi connectivity index (χ2n) is 2.27. The molecule has 0 unspecified atom stereocenters. The third-order valence-electron chi connectivity index (χ3n) is 1.42. The Hall–Kier alpha value is -3.06. The predicted molar refractivity (Wildman–Crippen MR) is 56.6 cm³/mol. The van der Waals surface area contributed by atoms with Crippen LogP contribution in [0.5, 0.6) is 0 Å². The molecule has 0 aliphatic carbocycles. The second kappa shape index (κ2) is 5.62. The van der Waals surface area contributed by atoms with Crippen LogP contribution in [0.25, 0.3) is 0 Å². The van der Waals surface area contributed by atoms with Crippen molar-refractivity contribution in [3.8, 4) is 61.4 Å². The van der Waals surface area contributed by atoms with E-state index >= 15 is 0 Å². The summed E-state index contributed by atoms with van der Waals surface area (Å²) < 4.78 is 4.01. The second-order valence-corrected chi connectivity index (χ2v) is 2.27. The first-order valence-electron chi connectivity index (χ1n) is 3.72. The molecule has 74 valence electrons. The molecule has 0 bridgehead atoms. The molecule has 0 rings (SSSR count). The Kier molecular flexibility index (Phi) is 4.55. The van der Waals surface area contributed by atoms with E-state index in [9.17, 15) is 9.59 Å². The maximum Gasteiger partial charge on any atom is 0.398 e. The third-order valence-corrected chi connectivity index (χ3v) is 1.42. The zero-order valence-corrected chi connectivity index (χ0v) is 8.03. The van der Waals surface area contributed by atoms with Gasteiger partial charge in [0, 0.05) is 5.92 Å². The summed E-state index contributed by atoms with van der Waals surface area (Å²) in [5.74, 6) is 7.53. The SMILES string of the molecule is C#COC(=O)C#CC(=O)C(C#C)(C#C)C#C. The van der Waals surface area contributed by atoms with E-state index in [4.69, 9.17) is 19.3 Å². The first-order chi connectivity index (χ1) is 7.56. The van der Waals surface area contributed by atoms with E-state index in [2.05, 4.69) is 11.2 Å². The average molecular weight is 208 g/mol. The molecule has 3 nitrogen and oxygen atoms in total. The lowest BCUT2D eigenvalue weighted by Gasteiger charge is -2.07. The number of hydrogen-bond donors (Lipinski definition) is 0. The number of carbonyl (C=O) groups is 2. The van der Waals surface area contributed by atoms with Gasteiger partial charge in [-0.15, -0.1) is 19.3 Å². The minimum Gasteiger partial charge on any atom is -0.363 e. The van der Waals surface area contributed by atoms with Gasteiger partial charge in [-0.05, 0) is 5.92 Å². The number of esters is 1. The lowest BCUT2D eigenvalue weighted by atomic mass is 9.86. The summed E-state index contributed by atoms with van der Waals surface area (Å²) in [6.07, 6.45) is 21.3. The molecule has 0 fully saturated rings. The molecule has 0 atom stereocenters. The van der Waals surface area contributed by atoms with Crippen molar-refractivity contribution in [2.24, 2.45) is 5.41 Å². The van der Waals surface area contributed by atoms with Gasteiger partial charge in [-0.3, -0.25) is 4.79 Å². The lowest BCUT2D eigenvalue weighted by Crippen LogP contribution is -2.24. The topological polar surface area (TPSA) is 43.4 Å². The maximum absolute atomic E-state index is 11.4. The number of ether oxygens (including phenoxy) is 1. The van der Waals surface area contributed by atoms with Gasteiger partial charge in [-0.1, -0.05) is 24.2 Å². The largest absolute Gasteiger partial charge is 0.398 e. The van der Waals surface area contributed by atoms with E-state index in [-0.39, 0.29) is 0 Å². The standard InChI is InChI=1S/C13H4O3/c1-5-13(6-2,7-3)11(14)9-10-12(15)16-8-4/h1-4H. The molecule has 0 spiro atoms. The molecule has 0 aliphatic rings. The maximum atomic E-state index is 11.4.